The van der Waals surface area contributed by atoms with Gasteiger partial charge in [-0.2, -0.15) is 0 Å². The lowest BCUT2D eigenvalue weighted by Gasteiger charge is -2.32. The normalized spacial score (nSPS) is 15.9. The smallest absolute Gasteiger partial charge is 0.107 e. The number of piperidine rings is 1. The lowest BCUT2D eigenvalue weighted by Crippen LogP contribution is -2.41. The van der Waals surface area contributed by atoms with E-state index in [9.17, 15) is 0 Å². The van der Waals surface area contributed by atoms with Gasteiger partial charge in [0.2, 0.25) is 0 Å². The minimum Gasteiger partial charge on any atom is -0.308 e. The highest BCUT2D eigenvalue weighted by Crippen LogP contribution is 2.27. The van der Waals surface area contributed by atoms with E-state index in [1.54, 1.807) is 11.3 Å². The Hall–Kier alpha value is -1.72. The summed E-state index contributed by atoms with van der Waals surface area (Å²) in [5.74, 6) is 0. The second-order valence-electron chi connectivity index (χ2n) is 7.04. The van der Waals surface area contributed by atoms with Gasteiger partial charge in [-0.05, 0) is 49.2 Å². The summed E-state index contributed by atoms with van der Waals surface area (Å²) in [5.41, 5.74) is 2.58. The molecule has 0 unspecified atom stereocenters. The average molecular weight is 398 g/mol. The SMILES string of the molecule is Clc1ccc(-c2cnc(CNC3CCN(Cc4ccccc4)CC3)s2)cc1. The molecule has 5 heteroatoms. The fourth-order valence-corrected chi connectivity index (χ4v) is 4.51. The first-order valence-electron chi connectivity index (χ1n) is 9.46. The molecule has 0 amide bonds. The van der Waals surface area contributed by atoms with Crippen molar-refractivity contribution in [2.24, 2.45) is 0 Å². The van der Waals surface area contributed by atoms with E-state index in [2.05, 4.69) is 57.7 Å². The summed E-state index contributed by atoms with van der Waals surface area (Å²) < 4.78 is 0. The van der Waals surface area contributed by atoms with E-state index in [1.165, 1.54) is 28.8 Å². The molecule has 1 aliphatic rings. The van der Waals surface area contributed by atoms with Crippen molar-refractivity contribution < 1.29 is 0 Å². The number of halogens is 1. The first kappa shape index (κ1) is 18.6. The van der Waals surface area contributed by atoms with E-state index in [1.807, 2.05) is 18.3 Å². The Morgan fingerprint density at radius 3 is 2.52 bits per heavy atom. The lowest BCUT2D eigenvalue weighted by molar-refractivity contribution is 0.190. The number of benzene rings is 2. The molecule has 0 spiro atoms. The van der Waals surface area contributed by atoms with Crippen molar-refractivity contribution in [3.8, 4) is 10.4 Å². The molecule has 0 bridgehead atoms. The predicted molar refractivity (Wildman–Crippen MR) is 114 cm³/mol. The molecular formula is C22H24ClN3S. The predicted octanol–water partition coefficient (Wildman–Crippen LogP) is 5.22. The van der Waals surface area contributed by atoms with Gasteiger partial charge in [-0.25, -0.2) is 4.98 Å². The van der Waals surface area contributed by atoms with Crippen molar-refractivity contribution in [1.82, 2.24) is 15.2 Å². The first-order chi connectivity index (χ1) is 13.3. The van der Waals surface area contributed by atoms with E-state index in [4.69, 9.17) is 11.6 Å². The second kappa shape index (κ2) is 8.98. The molecule has 1 aliphatic heterocycles. The van der Waals surface area contributed by atoms with Crippen molar-refractivity contribution in [2.75, 3.05) is 13.1 Å². The van der Waals surface area contributed by atoms with Gasteiger partial charge < -0.3 is 5.32 Å². The van der Waals surface area contributed by atoms with Crippen LogP contribution in [-0.2, 0) is 13.1 Å². The fourth-order valence-electron chi connectivity index (χ4n) is 3.51. The maximum Gasteiger partial charge on any atom is 0.107 e. The molecular weight excluding hydrogens is 374 g/mol. The minimum atomic E-state index is 0.583. The Balaban J connectivity index is 1.24. The number of aromatic nitrogens is 1. The van der Waals surface area contributed by atoms with Crippen LogP contribution in [0.5, 0.6) is 0 Å². The fraction of sp³-hybridized carbons (Fsp3) is 0.318. The first-order valence-corrected chi connectivity index (χ1v) is 10.7. The molecule has 2 aromatic carbocycles. The van der Waals surface area contributed by atoms with Crippen molar-refractivity contribution in [3.05, 3.63) is 76.4 Å². The topological polar surface area (TPSA) is 28.2 Å². The third-order valence-electron chi connectivity index (χ3n) is 5.06. The maximum atomic E-state index is 5.97. The van der Waals surface area contributed by atoms with Crippen LogP contribution in [0.2, 0.25) is 5.02 Å². The zero-order valence-corrected chi connectivity index (χ0v) is 16.8. The number of likely N-dealkylation sites (tertiary alicyclic amines) is 1. The van der Waals surface area contributed by atoms with Gasteiger partial charge in [0.1, 0.15) is 5.01 Å². The number of thiazole rings is 1. The van der Waals surface area contributed by atoms with E-state index >= 15 is 0 Å². The number of nitrogens with one attached hydrogen (secondary N) is 1. The van der Waals surface area contributed by atoms with Gasteiger partial charge in [0.15, 0.2) is 0 Å². The van der Waals surface area contributed by atoms with Crippen molar-refractivity contribution in [2.45, 2.75) is 32.0 Å². The Morgan fingerprint density at radius 1 is 1.04 bits per heavy atom. The molecule has 0 saturated carbocycles. The standard InChI is InChI=1S/C22H24ClN3S/c23-19-8-6-18(7-9-19)21-14-25-22(27-21)15-24-20-10-12-26(13-11-20)16-17-4-2-1-3-5-17/h1-9,14,20,24H,10-13,15-16H2. The Morgan fingerprint density at radius 2 is 1.78 bits per heavy atom. The third kappa shape index (κ3) is 5.17. The zero-order valence-electron chi connectivity index (χ0n) is 15.3. The molecule has 27 heavy (non-hydrogen) atoms. The highest BCUT2D eigenvalue weighted by molar-refractivity contribution is 7.15. The lowest BCUT2D eigenvalue weighted by atomic mass is 10.0. The van der Waals surface area contributed by atoms with Crippen LogP contribution in [0.1, 0.15) is 23.4 Å². The Bertz CT molecular complexity index is 840. The average Bonchev–Trinajstić information content (AvgIpc) is 3.18. The quantitative estimate of drug-likeness (QED) is 0.618. The van der Waals surface area contributed by atoms with Crippen LogP contribution < -0.4 is 5.32 Å². The molecule has 1 saturated heterocycles. The second-order valence-corrected chi connectivity index (χ2v) is 8.59. The summed E-state index contributed by atoms with van der Waals surface area (Å²) in [6, 6.07) is 19.3. The highest BCUT2D eigenvalue weighted by Gasteiger charge is 2.19. The van der Waals surface area contributed by atoms with Gasteiger partial charge in [-0.15, -0.1) is 11.3 Å². The van der Waals surface area contributed by atoms with Crippen LogP contribution in [0.25, 0.3) is 10.4 Å². The summed E-state index contributed by atoms with van der Waals surface area (Å²) in [4.78, 5) is 8.33. The number of hydrogen-bond donors (Lipinski definition) is 1. The van der Waals surface area contributed by atoms with Crippen LogP contribution >= 0.6 is 22.9 Å². The molecule has 0 atom stereocenters. The number of rotatable bonds is 6. The van der Waals surface area contributed by atoms with Crippen LogP contribution in [-0.4, -0.2) is 29.0 Å². The summed E-state index contributed by atoms with van der Waals surface area (Å²) in [7, 11) is 0. The number of nitrogens with zero attached hydrogens (tertiary/aromatic N) is 2. The molecule has 1 fully saturated rings. The van der Waals surface area contributed by atoms with Crippen molar-refractivity contribution in [3.63, 3.8) is 0 Å². The molecule has 140 valence electrons. The minimum absolute atomic E-state index is 0.583. The van der Waals surface area contributed by atoms with Crippen LogP contribution in [0, 0.1) is 0 Å². The molecule has 2 heterocycles. The highest BCUT2D eigenvalue weighted by atomic mass is 35.5. The van der Waals surface area contributed by atoms with E-state index in [0.717, 1.165) is 36.2 Å². The Kier molecular flexibility index (Phi) is 6.20. The molecule has 0 radical (unpaired) electrons. The third-order valence-corrected chi connectivity index (χ3v) is 6.36. The summed E-state index contributed by atoms with van der Waals surface area (Å²) in [5, 5.41) is 5.61. The van der Waals surface area contributed by atoms with Crippen molar-refractivity contribution in [1.29, 1.82) is 0 Å². The maximum absolute atomic E-state index is 5.97. The van der Waals surface area contributed by atoms with E-state index in [0.29, 0.717) is 6.04 Å². The van der Waals surface area contributed by atoms with Gasteiger partial charge >= 0.3 is 0 Å². The van der Waals surface area contributed by atoms with E-state index in [-0.39, 0.29) is 0 Å². The number of hydrogen-bond acceptors (Lipinski definition) is 4. The summed E-state index contributed by atoms with van der Waals surface area (Å²) in [6.45, 7) is 4.22. The van der Waals surface area contributed by atoms with Gasteiger partial charge in [0.25, 0.3) is 0 Å². The molecule has 1 aromatic heterocycles. The molecule has 3 nitrogen and oxygen atoms in total. The summed E-state index contributed by atoms with van der Waals surface area (Å²) in [6.07, 6.45) is 4.36. The molecule has 3 aromatic rings. The molecule has 0 aliphatic carbocycles. The largest absolute Gasteiger partial charge is 0.308 e. The van der Waals surface area contributed by atoms with Crippen molar-refractivity contribution >= 4 is 22.9 Å². The van der Waals surface area contributed by atoms with Crippen LogP contribution in [0.4, 0.5) is 0 Å². The monoisotopic (exact) mass is 397 g/mol. The van der Waals surface area contributed by atoms with Crippen LogP contribution in [0.15, 0.2) is 60.8 Å². The molecule has 4 rings (SSSR count). The summed E-state index contributed by atoms with van der Waals surface area (Å²) >= 11 is 7.73. The van der Waals surface area contributed by atoms with Gasteiger partial charge in [-0.1, -0.05) is 54.1 Å². The van der Waals surface area contributed by atoms with E-state index < -0.39 is 0 Å². The van der Waals surface area contributed by atoms with Crippen LogP contribution in [0.3, 0.4) is 0 Å². The Labute approximate surface area is 170 Å². The van der Waals surface area contributed by atoms with Gasteiger partial charge in [-0.3, -0.25) is 4.90 Å². The van der Waals surface area contributed by atoms with Gasteiger partial charge in [0, 0.05) is 30.4 Å². The zero-order chi connectivity index (χ0) is 18.5. The molecule has 1 N–H and O–H groups in total. The van der Waals surface area contributed by atoms with Gasteiger partial charge in [0.05, 0.1) is 4.88 Å².